The van der Waals surface area contributed by atoms with Crippen LogP contribution in [-0.4, -0.2) is 43.1 Å². The molecule has 2 aromatic heterocycles. The minimum Gasteiger partial charge on any atom is -0.340 e. The van der Waals surface area contributed by atoms with E-state index < -0.39 is 0 Å². The van der Waals surface area contributed by atoms with E-state index in [-0.39, 0.29) is 5.91 Å². The van der Waals surface area contributed by atoms with Crippen molar-refractivity contribution in [3.05, 3.63) is 54.4 Å². The van der Waals surface area contributed by atoms with Crippen LogP contribution < -0.4 is 0 Å². The molecule has 7 heteroatoms. The van der Waals surface area contributed by atoms with Crippen molar-refractivity contribution in [3.8, 4) is 11.4 Å². The summed E-state index contributed by atoms with van der Waals surface area (Å²) >= 11 is 0. The van der Waals surface area contributed by atoms with Crippen LogP contribution in [0.5, 0.6) is 0 Å². The summed E-state index contributed by atoms with van der Waals surface area (Å²) in [7, 11) is 0. The Labute approximate surface area is 170 Å². The number of nitrogens with zero attached hydrogens (tertiary/aromatic N) is 5. The highest BCUT2D eigenvalue weighted by Crippen LogP contribution is 2.22. The zero-order valence-electron chi connectivity index (χ0n) is 16.8. The van der Waals surface area contributed by atoms with Crippen LogP contribution in [0.3, 0.4) is 0 Å². The molecular weight excluding hydrogens is 366 g/mol. The van der Waals surface area contributed by atoms with E-state index in [1.54, 1.807) is 0 Å². The second-order valence-electron chi connectivity index (χ2n) is 7.57. The maximum Gasteiger partial charge on any atom is 0.227 e. The lowest BCUT2D eigenvalue weighted by atomic mass is 9.98. The average Bonchev–Trinajstić information content (AvgIpc) is 3.40. The third kappa shape index (κ3) is 4.72. The van der Waals surface area contributed by atoms with Crippen molar-refractivity contribution in [1.82, 2.24) is 24.6 Å². The highest BCUT2D eigenvalue weighted by atomic mass is 16.5. The van der Waals surface area contributed by atoms with Gasteiger partial charge >= 0.3 is 0 Å². The zero-order chi connectivity index (χ0) is 20.1. The Hall–Kier alpha value is -2.96. The Morgan fingerprint density at radius 3 is 2.90 bits per heavy atom. The zero-order valence-corrected chi connectivity index (χ0v) is 16.8. The minimum absolute atomic E-state index is 0.177. The molecule has 1 fully saturated rings. The number of carbonyl (C=O) groups excluding carboxylic acids is 1. The Morgan fingerprint density at radius 1 is 1.24 bits per heavy atom. The number of carbonyl (C=O) groups is 1. The number of likely N-dealkylation sites (tertiary alicyclic amines) is 1. The Bertz CT molecular complexity index is 934. The fourth-order valence-corrected chi connectivity index (χ4v) is 3.98. The van der Waals surface area contributed by atoms with E-state index in [0.29, 0.717) is 30.6 Å². The number of piperidine rings is 1. The monoisotopic (exact) mass is 393 g/mol. The third-order valence-electron chi connectivity index (χ3n) is 5.63. The Morgan fingerprint density at radius 2 is 2.10 bits per heavy atom. The summed E-state index contributed by atoms with van der Waals surface area (Å²) in [6.07, 6.45) is 8.99. The molecule has 4 rings (SSSR count). The largest absolute Gasteiger partial charge is 0.340 e. The maximum absolute atomic E-state index is 12.9. The van der Waals surface area contributed by atoms with E-state index >= 15 is 0 Å². The normalized spacial score (nSPS) is 16.9. The first kappa shape index (κ1) is 19.4. The summed E-state index contributed by atoms with van der Waals surface area (Å²) < 4.78 is 7.50. The molecule has 0 spiro atoms. The summed E-state index contributed by atoms with van der Waals surface area (Å²) in [4.78, 5) is 23.7. The van der Waals surface area contributed by atoms with Crippen molar-refractivity contribution < 1.29 is 9.32 Å². The fourth-order valence-electron chi connectivity index (χ4n) is 3.98. The molecule has 1 atom stereocenters. The molecule has 1 aromatic carbocycles. The molecule has 0 aliphatic carbocycles. The van der Waals surface area contributed by atoms with E-state index in [1.807, 2.05) is 49.6 Å². The van der Waals surface area contributed by atoms with Crippen LogP contribution in [0, 0.1) is 6.92 Å². The molecule has 0 unspecified atom stereocenters. The van der Waals surface area contributed by atoms with Crippen molar-refractivity contribution in [3.63, 3.8) is 0 Å². The van der Waals surface area contributed by atoms with E-state index in [4.69, 9.17) is 4.52 Å². The van der Waals surface area contributed by atoms with Gasteiger partial charge < -0.3 is 14.0 Å². The molecule has 7 nitrogen and oxygen atoms in total. The van der Waals surface area contributed by atoms with Gasteiger partial charge in [0, 0.05) is 49.9 Å². The lowest BCUT2D eigenvalue weighted by Crippen LogP contribution is -2.44. The molecule has 3 heterocycles. The number of rotatable bonds is 7. The van der Waals surface area contributed by atoms with Gasteiger partial charge in [-0.05, 0) is 32.6 Å². The number of amides is 1. The maximum atomic E-state index is 12.9. The molecule has 1 amide bonds. The van der Waals surface area contributed by atoms with E-state index in [9.17, 15) is 4.79 Å². The molecule has 1 saturated heterocycles. The van der Waals surface area contributed by atoms with E-state index in [0.717, 1.165) is 43.7 Å². The van der Waals surface area contributed by atoms with Crippen molar-refractivity contribution in [1.29, 1.82) is 0 Å². The molecule has 0 saturated carbocycles. The van der Waals surface area contributed by atoms with Crippen LogP contribution in [-0.2, 0) is 17.8 Å². The minimum atomic E-state index is 0.177. The van der Waals surface area contributed by atoms with Gasteiger partial charge in [-0.2, -0.15) is 4.98 Å². The molecule has 3 aromatic rings. The first-order valence-corrected chi connectivity index (χ1v) is 10.4. The smallest absolute Gasteiger partial charge is 0.227 e. The van der Waals surface area contributed by atoms with Gasteiger partial charge in [0.2, 0.25) is 17.6 Å². The number of aromatic nitrogens is 4. The summed E-state index contributed by atoms with van der Waals surface area (Å²) in [5, 5.41) is 4.04. The van der Waals surface area contributed by atoms with Crippen LogP contribution in [0.15, 0.2) is 47.2 Å². The summed E-state index contributed by atoms with van der Waals surface area (Å²) in [5.41, 5.74) is 0.916. The molecule has 152 valence electrons. The molecule has 0 radical (unpaired) electrons. The predicted molar refractivity (Wildman–Crippen MR) is 109 cm³/mol. The number of hydrogen-bond donors (Lipinski definition) is 0. The first-order chi connectivity index (χ1) is 14.2. The number of hydrogen-bond acceptors (Lipinski definition) is 5. The third-order valence-corrected chi connectivity index (χ3v) is 5.63. The second-order valence-corrected chi connectivity index (χ2v) is 7.57. The van der Waals surface area contributed by atoms with Gasteiger partial charge in [-0.15, -0.1) is 0 Å². The van der Waals surface area contributed by atoms with Crippen LogP contribution >= 0.6 is 0 Å². The van der Waals surface area contributed by atoms with Crippen LogP contribution in [0.4, 0.5) is 0 Å². The van der Waals surface area contributed by atoms with Crippen LogP contribution in [0.1, 0.15) is 43.8 Å². The summed E-state index contributed by atoms with van der Waals surface area (Å²) in [5.74, 6) is 2.28. The Balaban J connectivity index is 1.33. The van der Waals surface area contributed by atoms with Crippen LogP contribution in [0.25, 0.3) is 11.4 Å². The number of benzene rings is 1. The van der Waals surface area contributed by atoms with Crippen molar-refractivity contribution in [2.45, 2.75) is 58.0 Å². The highest BCUT2D eigenvalue weighted by molar-refractivity contribution is 5.76. The predicted octanol–water partition coefficient (Wildman–Crippen LogP) is 3.65. The molecular formula is C22H27N5O2. The van der Waals surface area contributed by atoms with Gasteiger partial charge in [0.05, 0.1) is 0 Å². The lowest BCUT2D eigenvalue weighted by Gasteiger charge is -2.36. The van der Waals surface area contributed by atoms with Crippen molar-refractivity contribution >= 4 is 5.91 Å². The fraction of sp³-hybridized carbons (Fsp3) is 0.455. The Kier molecular flexibility index (Phi) is 6.03. The lowest BCUT2D eigenvalue weighted by molar-refractivity contribution is -0.135. The van der Waals surface area contributed by atoms with E-state index in [2.05, 4.69) is 24.6 Å². The van der Waals surface area contributed by atoms with Gasteiger partial charge in [-0.3, -0.25) is 4.79 Å². The standard InChI is InChI=1S/C22H27N5O2/c1-17-23-13-16-26(17)15-12-19-9-5-6-14-27(19)21(28)11-10-20-24-22(25-29-20)18-7-3-2-4-8-18/h2-4,7-8,13,16,19H,5-6,9-12,14-15H2,1H3/t19-/m1/s1. The van der Waals surface area contributed by atoms with Crippen molar-refractivity contribution in [2.24, 2.45) is 0 Å². The molecule has 0 bridgehead atoms. The van der Waals surface area contributed by atoms with Gasteiger partial charge in [0.25, 0.3) is 0 Å². The number of aryl methyl sites for hydroxylation is 3. The number of imidazole rings is 1. The first-order valence-electron chi connectivity index (χ1n) is 10.4. The van der Waals surface area contributed by atoms with Gasteiger partial charge in [-0.25, -0.2) is 4.98 Å². The highest BCUT2D eigenvalue weighted by Gasteiger charge is 2.26. The SMILES string of the molecule is Cc1nccn1CC[C@H]1CCCCN1C(=O)CCc1nc(-c2ccccc2)no1. The average molecular weight is 393 g/mol. The van der Waals surface area contributed by atoms with Gasteiger partial charge in [-0.1, -0.05) is 35.5 Å². The molecule has 29 heavy (non-hydrogen) atoms. The quantitative estimate of drug-likeness (QED) is 0.612. The molecule has 1 aliphatic heterocycles. The van der Waals surface area contributed by atoms with Gasteiger partial charge in [0.1, 0.15) is 5.82 Å². The molecule has 0 N–H and O–H groups in total. The van der Waals surface area contributed by atoms with Crippen LogP contribution in [0.2, 0.25) is 0 Å². The van der Waals surface area contributed by atoms with Crippen molar-refractivity contribution in [2.75, 3.05) is 6.54 Å². The topological polar surface area (TPSA) is 77.1 Å². The summed E-state index contributed by atoms with van der Waals surface area (Å²) in [6.45, 7) is 3.74. The second kappa shape index (κ2) is 9.03. The molecule has 1 aliphatic rings. The summed E-state index contributed by atoms with van der Waals surface area (Å²) in [6, 6.07) is 10.0. The van der Waals surface area contributed by atoms with Gasteiger partial charge in [0.15, 0.2) is 0 Å². The van der Waals surface area contributed by atoms with E-state index in [1.165, 1.54) is 6.42 Å².